The van der Waals surface area contributed by atoms with Crippen LogP contribution >= 0.6 is 15.9 Å². The van der Waals surface area contributed by atoms with Gasteiger partial charge in [-0.3, -0.25) is 4.79 Å². The molecule has 0 saturated carbocycles. The molecule has 1 heterocycles. The third kappa shape index (κ3) is 5.12. The van der Waals surface area contributed by atoms with E-state index in [0.29, 0.717) is 13.1 Å². The molecule has 1 aromatic heterocycles. The van der Waals surface area contributed by atoms with E-state index in [0.717, 1.165) is 16.2 Å². The smallest absolute Gasteiger partial charge is 0.216 e. The van der Waals surface area contributed by atoms with Gasteiger partial charge >= 0.3 is 0 Å². The van der Waals surface area contributed by atoms with Gasteiger partial charge in [0.25, 0.3) is 0 Å². The number of rotatable bonds is 5. The summed E-state index contributed by atoms with van der Waals surface area (Å²) >= 11 is 3.35. The number of amides is 1. The highest BCUT2D eigenvalue weighted by Gasteiger charge is 2.06. The van der Waals surface area contributed by atoms with Crippen molar-refractivity contribution in [2.45, 2.75) is 26.7 Å². The molecule has 1 rings (SSSR count). The molecule has 0 atom stereocenters. The minimum atomic E-state index is -0.0291. The second-order valence-corrected chi connectivity index (χ2v) is 4.81. The first-order chi connectivity index (χ1) is 7.99. The van der Waals surface area contributed by atoms with E-state index < -0.39 is 0 Å². The summed E-state index contributed by atoms with van der Waals surface area (Å²) in [6.45, 7) is 6.80. The van der Waals surface area contributed by atoms with Crippen LogP contribution < -0.4 is 10.6 Å². The van der Waals surface area contributed by atoms with Gasteiger partial charge in [0.1, 0.15) is 16.2 Å². The Balaban J connectivity index is 2.55. The highest BCUT2D eigenvalue weighted by molar-refractivity contribution is 9.10. The van der Waals surface area contributed by atoms with Gasteiger partial charge < -0.3 is 10.6 Å². The Bertz CT molecular complexity index is 395. The zero-order valence-corrected chi connectivity index (χ0v) is 11.8. The van der Waals surface area contributed by atoms with E-state index in [-0.39, 0.29) is 11.8 Å². The minimum Gasteiger partial charge on any atom is -0.368 e. The molecule has 2 N–H and O–H groups in total. The zero-order chi connectivity index (χ0) is 12.8. The lowest BCUT2D eigenvalue weighted by molar-refractivity contribution is -0.118. The van der Waals surface area contributed by atoms with E-state index in [9.17, 15) is 4.79 Å². The number of hydrogen-bond acceptors (Lipinski definition) is 4. The maximum atomic E-state index is 10.7. The van der Waals surface area contributed by atoms with E-state index in [1.165, 1.54) is 6.92 Å². The first-order valence-electron chi connectivity index (χ1n) is 5.52. The minimum absolute atomic E-state index is 0.0291. The van der Waals surface area contributed by atoms with E-state index in [1.54, 1.807) is 0 Å². The van der Waals surface area contributed by atoms with Crippen molar-refractivity contribution in [1.29, 1.82) is 0 Å². The van der Waals surface area contributed by atoms with Crippen molar-refractivity contribution in [2.24, 2.45) is 0 Å². The van der Waals surface area contributed by atoms with Crippen LogP contribution in [0.25, 0.3) is 0 Å². The maximum Gasteiger partial charge on any atom is 0.216 e. The molecule has 17 heavy (non-hydrogen) atoms. The van der Waals surface area contributed by atoms with Crippen molar-refractivity contribution in [2.75, 3.05) is 18.4 Å². The number of carbonyl (C=O) groups is 1. The van der Waals surface area contributed by atoms with Gasteiger partial charge in [0.2, 0.25) is 5.91 Å². The molecule has 0 bridgehead atoms. The number of anilines is 1. The van der Waals surface area contributed by atoms with Crippen LogP contribution in [0.5, 0.6) is 0 Å². The van der Waals surface area contributed by atoms with Crippen molar-refractivity contribution in [3.63, 3.8) is 0 Å². The topological polar surface area (TPSA) is 66.9 Å². The van der Waals surface area contributed by atoms with Gasteiger partial charge in [0, 0.05) is 32.0 Å². The van der Waals surface area contributed by atoms with Crippen LogP contribution in [-0.4, -0.2) is 29.0 Å². The van der Waals surface area contributed by atoms with Gasteiger partial charge in [-0.05, 0) is 15.9 Å². The fraction of sp³-hybridized carbons (Fsp3) is 0.545. The van der Waals surface area contributed by atoms with Crippen molar-refractivity contribution >= 4 is 27.7 Å². The van der Waals surface area contributed by atoms with Crippen LogP contribution in [0.1, 0.15) is 32.5 Å². The summed E-state index contributed by atoms with van der Waals surface area (Å²) in [6.07, 6.45) is 0. The number of aromatic nitrogens is 2. The van der Waals surface area contributed by atoms with Gasteiger partial charge in [0.05, 0.1) is 0 Å². The first-order valence-corrected chi connectivity index (χ1v) is 6.31. The Labute approximate surface area is 110 Å². The average molecular weight is 301 g/mol. The number of halogens is 1. The summed E-state index contributed by atoms with van der Waals surface area (Å²) in [4.78, 5) is 19.4. The average Bonchev–Trinajstić information content (AvgIpc) is 2.23. The van der Waals surface area contributed by atoms with Gasteiger partial charge in [0.15, 0.2) is 0 Å². The molecule has 1 amide bonds. The van der Waals surface area contributed by atoms with Crippen LogP contribution in [0.2, 0.25) is 0 Å². The maximum absolute atomic E-state index is 10.7. The van der Waals surface area contributed by atoms with E-state index in [2.05, 4.69) is 36.5 Å². The number of hydrogen-bond donors (Lipinski definition) is 2. The van der Waals surface area contributed by atoms with Crippen molar-refractivity contribution in [3.8, 4) is 0 Å². The molecule has 0 saturated heterocycles. The zero-order valence-electron chi connectivity index (χ0n) is 10.2. The van der Waals surface area contributed by atoms with Crippen molar-refractivity contribution in [1.82, 2.24) is 15.3 Å². The monoisotopic (exact) mass is 300 g/mol. The summed E-state index contributed by atoms with van der Waals surface area (Å²) < 4.78 is 0.762. The van der Waals surface area contributed by atoms with Gasteiger partial charge in [-0.25, -0.2) is 9.97 Å². The molecule has 0 aliphatic rings. The lowest BCUT2D eigenvalue weighted by atomic mass is 10.2. The Morgan fingerprint density at radius 1 is 1.41 bits per heavy atom. The van der Waals surface area contributed by atoms with Crippen LogP contribution in [0.4, 0.5) is 5.82 Å². The highest BCUT2D eigenvalue weighted by Crippen LogP contribution is 2.17. The van der Waals surface area contributed by atoms with E-state index in [1.807, 2.05) is 19.9 Å². The lowest BCUT2D eigenvalue weighted by Crippen LogP contribution is -2.26. The standard InChI is InChI=1S/C11H17BrN4O/c1-7(2)11-15-9(12)6-10(16-11)14-5-4-13-8(3)17/h6-7H,4-5H2,1-3H3,(H,13,17)(H,14,15,16). The molecular weight excluding hydrogens is 284 g/mol. The molecule has 0 aliphatic heterocycles. The molecular formula is C11H17BrN4O. The normalized spacial score (nSPS) is 10.4. The summed E-state index contributed by atoms with van der Waals surface area (Å²) in [5.74, 6) is 1.81. The Morgan fingerprint density at radius 2 is 2.12 bits per heavy atom. The molecule has 1 aromatic rings. The molecule has 0 fully saturated rings. The van der Waals surface area contributed by atoms with Crippen LogP contribution in [0.3, 0.4) is 0 Å². The van der Waals surface area contributed by atoms with Crippen LogP contribution in [-0.2, 0) is 4.79 Å². The molecule has 0 aromatic carbocycles. The third-order valence-electron chi connectivity index (χ3n) is 2.03. The third-order valence-corrected chi connectivity index (χ3v) is 2.44. The molecule has 0 aliphatic carbocycles. The lowest BCUT2D eigenvalue weighted by Gasteiger charge is -2.09. The number of carbonyl (C=O) groups excluding carboxylic acids is 1. The van der Waals surface area contributed by atoms with E-state index >= 15 is 0 Å². The van der Waals surface area contributed by atoms with Crippen molar-refractivity contribution < 1.29 is 4.79 Å². The molecule has 5 nitrogen and oxygen atoms in total. The second kappa shape index (κ2) is 6.54. The van der Waals surface area contributed by atoms with Crippen LogP contribution in [0, 0.1) is 0 Å². The molecule has 0 spiro atoms. The Morgan fingerprint density at radius 3 is 2.71 bits per heavy atom. The first kappa shape index (κ1) is 13.9. The number of nitrogens with zero attached hydrogens (tertiary/aromatic N) is 2. The Kier molecular flexibility index (Phi) is 5.34. The molecule has 6 heteroatoms. The predicted molar refractivity (Wildman–Crippen MR) is 71.0 cm³/mol. The van der Waals surface area contributed by atoms with Crippen molar-refractivity contribution in [3.05, 3.63) is 16.5 Å². The molecule has 0 radical (unpaired) electrons. The number of nitrogens with one attached hydrogen (secondary N) is 2. The van der Waals surface area contributed by atoms with Gasteiger partial charge in [-0.15, -0.1) is 0 Å². The fourth-order valence-corrected chi connectivity index (χ4v) is 1.61. The second-order valence-electron chi connectivity index (χ2n) is 4.00. The SMILES string of the molecule is CC(=O)NCCNc1cc(Br)nc(C(C)C)n1. The fourth-order valence-electron chi connectivity index (χ4n) is 1.21. The molecule has 94 valence electrons. The van der Waals surface area contributed by atoms with Crippen LogP contribution in [0.15, 0.2) is 10.7 Å². The summed E-state index contributed by atoms with van der Waals surface area (Å²) in [7, 11) is 0. The van der Waals surface area contributed by atoms with Gasteiger partial charge in [-0.2, -0.15) is 0 Å². The summed E-state index contributed by atoms with van der Waals surface area (Å²) in [5.41, 5.74) is 0. The Hall–Kier alpha value is -1.17. The molecule has 0 unspecified atom stereocenters. The summed E-state index contributed by atoms with van der Waals surface area (Å²) in [5, 5.41) is 5.85. The summed E-state index contributed by atoms with van der Waals surface area (Å²) in [6, 6.07) is 1.82. The van der Waals surface area contributed by atoms with E-state index in [4.69, 9.17) is 0 Å². The van der Waals surface area contributed by atoms with Gasteiger partial charge in [-0.1, -0.05) is 13.8 Å². The highest BCUT2D eigenvalue weighted by atomic mass is 79.9. The quantitative estimate of drug-likeness (QED) is 0.644. The largest absolute Gasteiger partial charge is 0.368 e. The predicted octanol–water partition coefficient (Wildman–Crippen LogP) is 1.91.